The lowest BCUT2D eigenvalue weighted by atomic mass is 9.91. The van der Waals surface area contributed by atoms with E-state index in [1.165, 1.54) is 0 Å². The molecular formula is C21H28BrN3O2. The third-order valence-corrected chi connectivity index (χ3v) is 4.58. The van der Waals surface area contributed by atoms with Crippen LogP contribution in [0, 0.1) is 5.41 Å². The minimum absolute atomic E-state index is 0.0184. The molecule has 0 N–H and O–H groups in total. The number of halogens is 1. The lowest BCUT2D eigenvalue weighted by molar-refractivity contribution is -0.118. The maximum Gasteiger partial charge on any atom is 0.232 e. The van der Waals surface area contributed by atoms with Crippen LogP contribution >= 0.6 is 15.9 Å². The molecule has 5 nitrogen and oxygen atoms in total. The summed E-state index contributed by atoms with van der Waals surface area (Å²) in [5.41, 5.74) is 0.842. The average Bonchev–Trinajstić information content (AvgIpc) is 2.59. The number of ether oxygens (including phenoxy) is 1. The van der Waals surface area contributed by atoms with Crippen molar-refractivity contribution in [2.24, 2.45) is 5.41 Å². The van der Waals surface area contributed by atoms with E-state index in [0.29, 0.717) is 18.8 Å². The monoisotopic (exact) mass is 433 g/mol. The van der Waals surface area contributed by atoms with Crippen LogP contribution in [0.25, 0.3) is 0 Å². The van der Waals surface area contributed by atoms with E-state index < -0.39 is 0 Å². The fraction of sp³-hybridized carbons (Fsp3) is 0.429. The van der Waals surface area contributed by atoms with Crippen LogP contribution in [0.2, 0.25) is 0 Å². The van der Waals surface area contributed by atoms with Crippen molar-refractivity contribution < 1.29 is 9.53 Å². The molecule has 2 aromatic rings. The summed E-state index contributed by atoms with van der Waals surface area (Å²) in [6, 6.07) is 11.4. The van der Waals surface area contributed by atoms with Crippen molar-refractivity contribution in [1.29, 1.82) is 0 Å². The number of amides is 1. The fourth-order valence-corrected chi connectivity index (χ4v) is 3.45. The van der Waals surface area contributed by atoms with Gasteiger partial charge in [0.25, 0.3) is 0 Å². The Morgan fingerprint density at radius 1 is 1.19 bits per heavy atom. The van der Waals surface area contributed by atoms with Crippen molar-refractivity contribution in [2.45, 2.75) is 20.3 Å². The number of rotatable bonds is 8. The predicted octanol–water partition coefficient (Wildman–Crippen LogP) is 4.02. The number of pyridine rings is 1. The Morgan fingerprint density at radius 3 is 2.52 bits per heavy atom. The molecule has 27 heavy (non-hydrogen) atoms. The minimum atomic E-state index is -0.0811. The highest BCUT2D eigenvalue weighted by Crippen LogP contribution is 2.24. The first-order chi connectivity index (χ1) is 12.7. The van der Waals surface area contributed by atoms with E-state index >= 15 is 0 Å². The van der Waals surface area contributed by atoms with E-state index in [-0.39, 0.29) is 11.3 Å². The van der Waals surface area contributed by atoms with Crippen LogP contribution in [-0.4, -0.2) is 50.1 Å². The maximum absolute atomic E-state index is 13.2. The summed E-state index contributed by atoms with van der Waals surface area (Å²) in [6.45, 7) is 5.78. The molecule has 0 aliphatic heterocycles. The standard InChI is InChI=1S/C21H28BrN3O2/c1-21(2,14-24(3)4)15-25(19-10-9-17(22)13-23-19)20(26)12-16-7-6-8-18(11-16)27-5/h6-11,13H,12,14-15H2,1-5H3. The van der Waals surface area contributed by atoms with Crippen LogP contribution < -0.4 is 9.64 Å². The van der Waals surface area contributed by atoms with Crippen LogP contribution in [-0.2, 0) is 11.2 Å². The Kier molecular flexibility index (Phi) is 7.39. The zero-order valence-electron chi connectivity index (χ0n) is 16.7. The van der Waals surface area contributed by atoms with Crippen molar-refractivity contribution >= 4 is 27.7 Å². The fourth-order valence-electron chi connectivity index (χ4n) is 3.21. The van der Waals surface area contributed by atoms with Gasteiger partial charge in [-0.15, -0.1) is 0 Å². The van der Waals surface area contributed by atoms with Crippen LogP contribution in [0.5, 0.6) is 5.75 Å². The molecule has 0 atom stereocenters. The lowest BCUT2D eigenvalue weighted by Gasteiger charge is -2.34. The average molecular weight is 434 g/mol. The summed E-state index contributed by atoms with van der Waals surface area (Å²) in [7, 11) is 5.72. The van der Waals surface area contributed by atoms with Gasteiger partial charge in [0.1, 0.15) is 11.6 Å². The second-order valence-corrected chi connectivity index (χ2v) is 8.66. The number of hydrogen-bond donors (Lipinski definition) is 0. The van der Waals surface area contributed by atoms with Crippen molar-refractivity contribution in [3.8, 4) is 5.75 Å². The van der Waals surface area contributed by atoms with Gasteiger partial charge in [0, 0.05) is 23.8 Å². The summed E-state index contributed by atoms with van der Waals surface area (Å²) >= 11 is 3.41. The molecule has 2 rings (SSSR count). The smallest absolute Gasteiger partial charge is 0.232 e. The van der Waals surface area contributed by atoms with Crippen molar-refractivity contribution in [3.63, 3.8) is 0 Å². The van der Waals surface area contributed by atoms with Crippen LogP contribution in [0.15, 0.2) is 47.1 Å². The van der Waals surface area contributed by atoms with Gasteiger partial charge in [-0.05, 0) is 65.3 Å². The molecule has 0 fully saturated rings. The third kappa shape index (κ3) is 6.63. The van der Waals surface area contributed by atoms with Gasteiger partial charge >= 0.3 is 0 Å². The lowest BCUT2D eigenvalue weighted by Crippen LogP contribution is -2.44. The third-order valence-electron chi connectivity index (χ3n) is 4.11. The predicted molar refractivity (Wildman–Crippen MR) is 113 cm³/mol. The molecule has 1 heterocycles. The molecule has 0 bridgehead atoms. The first kappa shape index (κ1) is 21.4. The van der Waals surface area contributed by atoms with Crippen LogP contribution in [0.4, 0.5) is 5.82 Å². The van der Waals surface area contributed by atoms with Crippen LogP contribution in [0.3, 0.4) is 0 Å². The summed E-state index contributed by atoms with van der Waals surface area (Å²) in [5, 5.41) is 0. The summed E-state index contributed by atoms with van der Waals surface area (Å²) in [4.78, 5) is 21.6. The van der Waals surface area contributed by atoms with E-state index in [9.17, 15) is 4.79 Å². The molecule has 1 amide bonds. The van der Waals surface area contributed by atoms with Gasteiger partial charge in [0.05, 0.1) is 13.5 Å². The molecule has 0 aliphatic carbocycles. The van der Waals surface area contributed by atoms with Crippen LogP contribution in [0.1, 0.15) is 19.4 Å². The molecule has 6 heteroatoms. The Hall–Kier alpha value is -1.92. The molecule has 1 aromatic heterocycles. The van der Waals surface area contributed by atoms with Gasteiger partial charge in [-0.25, -0.2) is 4.98 Å². The number of methoxy groups -OCH3 is 1. The first-order valence-electron chi connectivity index (χ1n) is 8.90. The second-order valence-electron chi connectivity index (χ2n) is 7.74. The van der Waals surface area contributed by atoms with Gasteiger partial charge in [0.2, 0.25) is 5.91 Å². The molecule has 0 radical (unpaired) electrons. The van der Waals surface area contributed by atoms with Gasteiger partial charge < -0.3 is 9.64 Å². The number of anilines is 1. The zero-order chi connectivity index (χ0) is 20.0. The molecule has 0 spiro atoms. The maximum atomic E-state index is 13.2. The quantitative estimate of drug-likeness (QED) is 0.630. The SMILES string of the molecule is COc1cccc(CC(=O)N(CC(C)(C)CN(C)C)c2ccc(Br)cn2)c1. The second kappa shape index (κ2) is 9.33. The minimum Gasteiger partial charge on any atom is -0.497 e. The molecule has 0 saturated heterocycles. The normalized spacial score (nSPS) is 11.5. The van der Waals surface area contributed by atoms with Gasteiger partial charge in [-0.1, -0.05) is 26.0 Å². The number of aromatic nitrogens is 1. The zero-order valence-corrected chi connectivity index (χ0v) is 18.3. The van der Waals surface area contributed by atoms with E-state index in [1.54, 1.807) is 18.2 Å². The number of carbonyl (C=O) groups is 1. The Bertz CT molecular complexity index is 760. The highest BCUT2D eigenvalue weighted by atomic mass is 79.9. The summed E-state index contributed by atoms with van der Waals surface area (Å²) < 4.78 is 6.16. The van der Waals surface area contributed by atoms with Crippen molar-refractivity contribution in [3.05, 3.63) is 52.6 Å². The van der Waals surface area contributed by atoms with E-state index in [1.807, 2.05) is 50.5 Å². The van der Waals surface area contributed by atoms with Gasteiger partial charge in [-0.2, -0.15) is 0 Å². The Balaban J connectivity index is 2.27. The van der Waals surface area contributed by atoms with Gasteiger partial charge in [0.15, 0.2) is 0 Å². The number of benzene rings is 1. The van der Waals surface area contributed by atoms with E-state index in [4.69, 9.17) is 4.74 Å². The molecule has 0 aliphatic rings. The summed E-state index contributed by atoms with van der Waals surface area (Å²) in [5.74, 6) is 1.43. The van der Waals surface area contributed by atoms with Crippen molar-refractivity contribution in [1.82, 2.24) is 9.88 Å². The molecule has 0 saturated carbocycles. The number of hydrogen-bond acceptors (Lipinski definition) is 4. The Labute approximate surface area is 170 Å². The molecular weight excluding hydrogens is 406 g/mol. The number of carbonyl (C=O) groups excluding carboxylic acids is 1. The summed E-state index contributed by atoms with van der Waals surface area (Å²) in [6.07, 6.45) is 2.02. The van der Waals surface area contributed by atoms with Gasteiger partial charge in [-0.3, -0.25) is 9.69 Å². The molecule has 0 unspecified atom stereocenters. The van der Waals surface area contributed by atoms with E-state index in [2.05, 4.69) is 39.7 Å². The molecule has 146 valence electrons. The highest BCUT2D eigenvalue weighted by molar-refractivity contribution is 9.10. The topological polar surface area (TPSA) is 45.7 Å². The largest absolute Gasteiger partial charge is 0.497 e. The van der Waals surface area contributed by atoms with E-state index in [0.717, 1.165) is 22.3 Å². The Morgan fingerprint density at radius 2 is 1.93 bits per heavy atom. The number of nitrogens with zero attached hydrogens (tertiary/aromatic N) is 3. The molecule has 1 aromatic carbocycles. The highest BCUT2D eigenvalue weighted by Gasteiger charge is 2.27. The van der Waals surface area contributed by atoms with Crippen molar-refractivity contribution in [2.75, 3.05) is 39.2 Å². The first-order valence-corrected chi connectivity index (χ1v) is 9.69.